The number of benzene rings is 2. The third-order valence-electron chi connectivity index (χ3n) is 6.91. The highest BCUT2D eigenvalue weighted by molar-refractivity contribution is 7.98. The Morgan fingerprint density at radius 1 is 1.09 bits per heavy atom. The molecule has 7 heteroatoms. The van der Waals surface area contributed by atoms with E-state index in [1.807, 2.05) is 35.5 Å². The molecule has 0 bridgehead atoms. The Bertz CT molecular complexity index is 1060. The lowest BCUT2D eigenvalue weighted by Gasteiger charge is -2.54. The summed E-state index contributed by atoms with van der Waals surface area (Å²) < 4.78 is 5.39. The third-order valence-corrected chi connectivity index (χ3v) is 8.05. The topological polar surface area (TPSA) is 53.1 Å². The van der Waals surface area contributed by atoms with E-state index in [1.54, 1.807) is 19.4 Å². The standard InChI is InChI=1S/C26H29N3O3S/c1-17(14-32-3)27-16-29(28-13-12-22(30)18(2)24(28)26(27)31)25-20-9-5-4-8-19(20)15-33-23-11-7-6-10-21(23)25/h4-13,17-18,24-25H,14-16H2,1-3H3. The number of allylic oxidation sites excluding steroid dienone is 1. The number of thioether (sulfide) groups is 1. The SMILES string of the molecule is COCC(C)N1CN(C2c3ccccc3CSc3ccccc32)N2C=CC(=O)C(C)C2C1=O. The van der Waals surface area contributed by atoms with E-state index in [2.05, 4.69) is 53.5 Å². The lowest BCUT2D eigenvalue weighted by atomic mass is 9.90. The van der Waals surface area contributed by atoms with Crippen molar-refractivity contribution in [3.05, 3.63) is 77.5 Å². The Balaban J connectivity index is 1.67. The van der Waals surface area contributed by atoms with E-state index in [9.17, 15) is 9.59 Å². The van der Waals surface area contributed by atoms with Crippen LogP contribution in [0.25, 0.3) is 0 Å². The number of carbonyl (C=O) groups excluding carboxylic acids is 2. The molecule has 2 aromatic rings. The van der Waals surface area contributed by atoms with Crippen LogP contribution in [0.15, 0.2) is 65.7 Å². The van der Waals surface area contributed by atoms with E-state index < -0.39 is 12.0 Å². The number of fused-ring (bicyclic) bond motifs is 3. The first-order chi connectivity index (χ1) is 16.0. The monoisotopic (exact) mass is 463 g/mol. The highest BCUT2D eigenvalue weighted by atomic mass is 32.2. The first kappa shape index (κ1) is 22.2. The lowest BCUT2D eigenvalue weighted by molar-refractivity contribution is -0.184. The van der Waals surface area contributed by atoms with Crippen molar-refractivity contribution in [2.24, 2.45) is 5.92 Å². The van der Waals surface area contributed by atoms with Crippen LogP contribution in [0.1, 0.15) is 36.6 Å². The van der Waals surface area contributed by atoms with Gasteiger partial charge in [-0.1, -0.05) is 49.4 Å². The molecule has 1 amide bonds. The zero-order valence-corrected chi connectivity index (χ0v) is 20.0. The molecular formula is C26H29N3O3S. The largest absolute Gasteiger partial charge is 0.383 e. The molecular weight excluding hydrogens is 434 g/mol. The van der Waals surface area contributed by atoms with Gasteiger partial charge in [-0.25, -0.2) is 0 Å². The first-order valence-corrected chi connectivity index (χ1v) is 12.4. The van der Waals surface area contributed by atoms with Crippen molar-refractivity contribution in [1.29, 1.82) is 0 Å². The Morgan fingerprint density at radius 3 is 2.61 bits per heavy atom. The summed E-state index contributed by atoms with van der Waals surface area (Å²) >= 11 is 1.85. The molecule has 4 unspecified atom stereocenters. The van der Waals surface area contributed by atoms with Crippen molar-refractivity contribution in [3.63, 3.8) is 0 Å². The number of hydrogen-bond acceptors (Lipinski definition) is 6. The number of nitrogens with zero attached hydrogens (tertiary/aromatic N) is 3. The van der Waals surface area contributed by atoms with Gasteiger partial charge in [0, 0.05) is 29.9 Å². The number of ketones is 1. The average molecular weight is 464 g/mol. The normalized spacial score (nSPS) is 25.8. The Hall–Kier alpha value is -2.61. The van der Waals surface area contributed by atoms with Gasteiger partial charge in [0.25, 0.3) is 0 Å². The summed E-state index contributed by atoms with van der Waals surface area (Å²) in [6.07, 6.45) is 3.41. The Labute approximate surface area is 199 Å². The highest BCUT2D eigenvalue weighted by Gasteiger charge is 2.48. The maximum Gasteiger partial charge on any atom is 0.249 e. The van der Waals surface area contributed by atoms with E-state index >= 15 is 0 Å². The van der Waals surface area contributed by atoms with Crippen molar-refractivity contribution < 1.29 is 14.3 Å². The van der Waals surface area contributed by atoms with Crippen LogP contribution in [0.3, 0.4) is 0 Å². The van der Waals surface area contributed by atoms with E-state index in [-0.39, 0.29) is 23.8 Å². The molecule has 0 radical (unpaired) electrons. The highest BCUT2D eigenvalue weighted by Crippen LogP contribution is 2.44. The van der Waals surface area contributed by atoms with Crippen molar-refractivity contribution >= 4 is 23.5 Å². The summed E-state index contributed by atoms with van der Waals surface area (Å²) in [6, 6.07) is 16.3. The van der Waals surface area contributed by atoms with Crippen LogP contribution in [-0.4, -0.2) is 59.1 Å². The zero-order chi connectivity index (χ0) is 23.1. The van der Waals surface area contributed by atoms with E-state index in [1.165, 1.54) is 21.6 Å². The van der Waals surface area contributed by atoms with Gasteiger partial charge in [0.15, 0.2) is 5.78 Å². The number of carbonyl (C=O) groups is 2. The van der Waals surface area contributed by atoms with Crippen molar-refractivity contribution in [3.8, 4) is 0 Å². The molecule has 1 fully saturated rings. The summed E-state index contributed by atoms with van der Waals surface area (Å²) in [5, 5.41) is 4.28. The molecule has 33 heavy (non-hydrogen) atoms. The van der Waals surface area contributed by atoms with Crippen molar-refractivity contribution in [1.82, 2.24) is 14.9 Å². The maximum atomic E-state index is 13.6. The van der Waals surface area contributed by atoms with E-state index in [4.69, 9.17) is 4.74 Å². The fourth-order valence-corrected chi connectivity index (χ4v) is 6.23. The van der Waals surface area contributed by atoms with Crippen molar-refractivity contribution in [2.45, 2.75) is 42.6 Å². The predicted molar refractivity (Wildman–Crippen MR) is 128 cm³/mol. The average Bonchev–Trinajstić information content (AvgIpc) is 2.99. The van der Waals surface area contributed by atoms with Gasteiger partial charge >= 0.3 is 0 Å². The summed E-state index contributed by atoms with van der Waals surface area (Å²) in [7, 11) is 1.65. The number of hydrogen-bond donors (Lipinski definition) is 0. The summed E-state index contributed by atoms with van der Waals surface area (Å²) in [5.41, 5.74) is 3.75. The number of hydrazine groups is 1. The lowest BCUT2D eigenvalue weighted by Crippen LogP contribution is -2.68. The summed E-state index contributed by atoms with van der Waals surface area (Å²) in [5.74, 6) is 0.441. The van der Waals surface area contributed by atoms with E-state index in [0.29, 0.717) is 13.3 Å². The number of ether oxygens (including phenoxy) is 1. The van der Waals surface area contributed by atoms with Crippen LogP contribution >= 0.6 is 11.8 Å². The molecule has 0 saturated carbocycles. The second-order valence-electron chi connectivity index (χ2n) is 8.95. The Kier molecular flexibility index (Phi) is 6.03. The second-order valence-corrected chi connectivity index (χ2v) is 9.97. The van der Waals surface area contributed by atoms with Gasteiger partial charge < -0.3 is 9.64 Å². The van der Waals surface area contributed by atoms with Gasteiger partial charge in [0.2, 0.25) is 5.91 Å². The second kappa shape index (κ2) is 8.97. The first-order valence-electron chi connectivity index (χ1n) is 11.4. The molecule has 0 spiro atoms. The van der Waals surface area contributed by atoms with Crippen LogP contribution in [-0.2, 0) is 20.1 Å². The zero-order valence-electron chi connectivity index (χ0n) is 19.2. The third kappa shape index (κ3) is 3.78. The minimum Gasteiger partial charge on any atom is -0.383 e. The molecule has 1 saturated heterocycles. The van der Waals surface area contributed by atoms with Crippen LogP contribution in [0.4, 0.5) is 0 Å². The number of methoxy groups -OCH3 is 1. The minimum absolute atomic E-state index is 0.0111. The quantitative estimate of drug-likeness (QED) is 0.687. The molecule has 4 atom stereocenters. The fourth-order valence-electron chi connectivity index (χ4n) is 5.14. The molecule has 172 valence electrons. The molecule has 3 aliphatic heterocycles. The Morgan fingerprint density at radius 2 is 1.82 bits per heavy atom. The minimum atomic E-state index is -0.564. The molecule has 3 heterocycles. The molecule has 0 aromatic heterocycles. The molecule has 5 rings (SSSR count). The fraction of sp³-hybridized carbons (Fsp3) is 0.385. The summed E-state index contributed by atoms with van der Waals surface area (Å²) in [6.45, 7) is 4.72. The van der Waals surface area contributed by atoms with Crippen LogP contribution in [0, 0.1) is 5.92 Å². The van der Waals surface area contributed by atoms with Gasteiger partial charge in [0.1, 0.15) is 6.04 Å². The smallest absolute Gasteiger partial charge is 0.249 e. The predicted octanol–water partition coefficient (Wildman–Crippen LogP) is 3.84. The maximum absolute atomic E-state index is 13.6. The number of amides is 1. The molecule has 3 aliphatic rings. The van der Waals surface area contributed by atoms with Gasteiger partial charge in [-0.05, 0) is 35.8 Å². The van der Waals surface area contributed by atoms with Gasteiger partial charge in [-0.2, -0.15) is 5.01 Å². The van der Waals surface area contributed by atoms with Crippen LogP contribution in [0.5, 0.6) is 0 Å². The van der Waals surface area contributed by atoms with Gasteiger partial charge in [-0.15, -0.1) is 11.8 Å². The molecule has 0 aliphatic carbocycles. The van der Waals surface area contributed by atoms with Gasteiger partial charge in [-0.3, -0.25) is 14.6 Å². The van der Waals surface area contributed by atoms with Gasteiger partial charge in [0.05, 0.1) is 25.4 Å². The van der Waals surface area contributed by atoms with Crippen molar-refractivity contribution in [2.75, 3.05) is 20.4 Å². The molecule has 0 N–H and O–H groups in total. The molecule has 2 aromatic carbocycles. The molecule has 6 nitrogen and oxygen atoms in total. The number of rotatable bonds is 4. The van der Waals surface area contributed by atoms with Crippen LogP contribution < -0.4 is 0 Å². The van der Waals surface area contributed by atoms with Crippen LogP contribution in [0.2, 0.25) is 0 Å². The van der Waals surface area contributed by atoms with E-state index in [0.717, 1.165) is 5.75 Å². The summed E-state index contributed by atoms with van der Waals surface area (Å²) in [4.78, 5) is 29.3.